The van der Waals surface area contributed by atoms with E-state index in [0.29, 0.717) is 10.6 Å². The van der Waals surface area contributed by atoms with Crippen molar-refractivity contribution in [2.45, 2.75) is 19.3 Å². The average Bonchev–Trinajstić information content (AvgIpc) is 2.38. The number of rotatable bonds is 3. The first-order valence-electron chi connectivity index (χ1n) is 6.39. The van der Waals surface area contributed by atoms with Crippen LogP contribution in [0.15, 0.2) is 36.1 Å². The van der Waals surface area contributed by atoms with Crippen LogP contribution in [0.1, 0.15) is 24.8 Å². The molecule has 0 aromatic heterocycles. The molecule has 1 aliphatic carbocycles. The Kier molecular flexibility index (Phi) is 6.94. The van der Waals surface area contributed by atoms with Crippen molar-refractivity contribution in [3.05, 3.63) is 46.7 Å². The van der Waals surface area contributed by atoms with Gasteiger partial charge in [0.05, 0.1) is 6.61 Å². The van der Waals surface area contributed by atoms with Crippen LogP contribution in [-0.2, 0) is 14.3 Å². The first-order chi connectivity index (χ1) is 9.54. The summed E-state index contributed by atoms with van der Waals surface area (Å²) in [5.41, 5.74) is 0.667. The van der Waals surface area contributed by atoms with Gasteiger partial charge in [0, 0.05) is 23.4 Å². The molecule has 0 amide bonds. The fourth-order valence-corrected chi connectivity index (χ4v) is 2.71. The molecule has 0 aliphatic heterocycles. The molecule has 1 aromatic carbocycles. The first-order valence-corrected chi connectivity index (χ1v) is 6.76. The van der Waals surface area contributed by atoms with E-state index in [1.807, 2.05) is 0 Å². The second-order valence-corrected chi connectivity index (χ2v) is 5.00. The molecule has 0 radical (unpaired) electrons. The number of benzene rings is 1. The number of hydrogen-bond donors (Lipinski definition) is 1. The largest absolute Gasteiger partial charge is 1.00 e. The molecule has 0 saturated heterocycles. The third kappa shape index (κ3) is 4.10. The minimum absolute atomic E-state index is 0. The van der Waals surface area contributed by atoms with Gasteiger partial charge in [0.15, 0.2) is 5.78 Å². The molecule has 2 atom stereocenters. The third-order valence-electron chi connectivity index (χ3n) is 3.30. The number of esters is 1. The van der Waals surface area contributed by atoms with E-state index in [4.69, 9.17) is 16.3 Å². The second-order valence-electron chi connectivity index (χ2n) is 4.60. The summed E-state index contributed by atoms with van der Waals surface area (Å²) in [6, 6.07) is 7.00. The standard InChI is InChI=1S/C15H15ClO4.Na/c1-2-20-15(19)14-11(7-9(17)8-13(14)18)10-5-3-4-6-12(10)16;/h3-6,8,11,14,18H,2,7H2,1H3;/q;+1. The molecule has 4 nitrogen and oxygen atoms in total. The predicted octanol–water partition coefficient (Wildman–Crippen LogP) is 0.0216. The maximum Gasteiger partial charge on any atom is 1.00 e. The van der Waals surface area contributed by atoms with Gasteiger partial charge in [0.1, 0.15) is 11.7 Å². The minimum Gasteiger partial charge on any atom is -0.511 e. The van der Waals surface area contributed by atoms with Gasteiger partial charge in [-0.05, 0) is 18.6 Å². The average molecular weight is 318 g/mol. The van der Waals surface area contributed by atoms with Gasteiger partial charge >= 0.3 is 35.5 Å². The van der Waals surface area contributed by atoms with E-state index in [1.165, 1.54) is 0 Å². The molecule has 0 fully saturated rings. The summed E-state index contributed by atoms with van der Waals surface area (Å²) in [4.78, 5) is 23.7. The van der Waals surface area contributed by atoms with Crippen molar-refractivity contribution >= 4 is 23.4 Å². The number of ketones is 1. The van der Waals surface area contributed by atoms with Crippen LogP contribution < -0.4 is 29.6 Å². The Bertz CT molecular complexity index is 571. The van der Waals surface area contributed by atoms with Gasteiger partial charge in [0.25, 0.3) is 0 Å². The molecule has 1 aromatic rings. The number of allylic oxidation sites excluding steroid dienone is 1. The van der Waals surface area contributed by atoms with Gasteiger partial charge in [-0.2, -0.15) is 0 Å². The van der Waals surface area contributed by atoms with Crippen molar-refractivity contribution in [3.8, 4) is 0 Å². The first kappa shape index (κ1) is 18.2. The molecule has 0 heterocycles. The number of carbonyl (C=O) groups is 2. The van der Waals surface area contributed by atoms with E-state index in [1.54, 1.807) is 31.2 Å². The Morgan fingerprint density at radius 2 is 2.10 bits per heavy atom. The summed E-state index contributed by atoms with van der Waals surface area (Å²) in [6.07, 6.45) is 1.21. The molecule has 2 rings (SSSR count). The number of carbonyl (C=O) groups excluding carboxylic acids is 2. The number of halogens is 1. The molecule has 2 unspecified atom stereocenters. The molecule has 106 valence electrons. The Morgan fingerprint density at radius 1 is 1.43 bits per heavy atom. The van der Waals surface area contributed by atoms with Crippen LogP contribution in [0, 0.1) is 5.92 Å². The summed E-state index contributed by atoms with van der Waals surface area (Å²) >= 11 is 6.14. The van der Waals surface area contributed by atoms with Crippen molar-refractivity contribution in [2.24, 2.45) is 5.92 Å². The van der Waals surface area contributed by atoms with Gasteiger partial charge in [-0.3, -0.25) is 9.59 Å². The van der Waals surface area contributed by atoms with E-state index in [2.05, 4.69) is 0 Å². The normalized spacial score (nSPS) is 21.2. The van der Waals surface area contributed by atoms with Crippen LogP contribution in [0.3, 0.4) is 0 Å². The van der Waals surface area contributed by atoms with E-state index < -0.39 is 17.8 Å². The van der Waals surface area contributed by atoms with Crippen LogP contribution in [-0.4, -0.2) is 23.5 Å². The molecule has 1 N–H and O–H groups in total. The van der Waals surface area contributed by atoms with Crippen molar-refractivity contribution in [1.82, 2.24) is 0 Å². The van der Waals surface area contributed by atoms with E-state index >= 15 is 0 Å². The fraction of sp³-hybridized carbons (Fsp3) is 0.333. The molecule has 0 spiro atoms. The number of hydrogen-bond acceptors (Lipinski definition) is 4. The van der Waals surface area contributed by atoms with Crippen molar-refractivity contribution in [3.63, 3.8) is 0 Å². The summed E-state index contributed by atoms with van der Waals surface area (Å²) in [5.74, 6) is -2.41. The Balaban J connectivity index is 0.00000220. The van der Waals surface area contributed by atoms with Crippen LogP contribution in [0.5, 0.6) is 0 Å². The zero-order valence-electron chi connectivity index (χ0n) is 12.0. The second kappa shape index (κ2) is 7.99. The van der Waals surface area contributed by atoms with Crippen LogP contribution in [0.4, 0.5) is 0 Å². The van der Waals surface area contributed by atoms with E-state index in [0.717, 1.165) is 6.08 Å². The van der Waals surface area contributed by atoms with Gasteiger partial charge in [-0.25, -0.2) is 0 Å². The van der Waals surface area contributed by atoms with Gasteiger partial charge in [-0.15, -0.1) is 0 Å². The van der Waals surface area contributed by atoms with E-state index in [-0.39, 0.29) is 54.1 Å². The monoisotopic (exact) mass is 317 g/mol. The zero-order chi connectivity index (χ0) is 14.7. The molecular formula is C15H15ClNaO4+. The Labute approximate surface area is 150 Å². The van der Waals surface area contributed by atoms with Crippen molar-refractivity contribution in [1.29, 1.82) is 0 Å². The summed E-state index contributed by atoms with van der Waals surface area (Å²) in [6.45, 7) is 1.91. The smallest absolute Gasteiger partial charge is 0.511 e. The third-order valence-corrected chi connectivity index (χ3v) is 3.64. The van der Waals surface area contributed by atoms with Crippen LogP contribution >= 0.6 is 11.6 Å². The minimum atomic E-state index is -0.882. The number of ether oxygens (including phenoxy) is 1. The molecule has 0 saturated carbocycles. The van der Waals surface area contributed by atoms with Crippen molar-refractivity contribution < 1.29 is 49.0 Å². The number of aliphatic hydroxyl groups excluding tert-OH is 1. The Morgan fingerprint density at radius 3 is 2.71 bits per heavy atom. The SMILES string of the molecule is CCOC(=O)C1C(O)=CC(=O)CC1c1ccccc1Cl.[Na+]. The van der Waals surface area contributed by atoms with Crippen LogP contribution in [0.2, 0.25) is 5.02 Å². The quantitative estimate of drug-likeness (QED) is 0.631. The Hall–Kier alpha value is -0.810. The van der Waals surface area contributed by atoms with E-state index in [9.17, 15) is 14.7 Å². The molecule has 1 aliphatic rings. The fourth-order valence-electron chi connectivity index (χ4n) is 2.44. The number of aliphatic hydroxyl groups is 1. The topological polar surface area (TPSA) is 63.6 Å². The molecule has 0 bridgehead atoms. The molecule has 21 heavy (non-hydrogen) atoms. The molecular weight excluding hydrogens is 303 g/mol. The maximum absolute atomic E-state index is 12.0. The molecule has 6 heteroatoms. The zero-order valence-corrected chi connectivity index (χ0v) is 14.8. The van der Waals surface area contributed by atoms with Crippen LogP contribution in [0.25, 0.3) is 0 Å². The predicted molar refractivity (Wildman–Crippen MR) is 74.7 cm³/mol. The van der Waals surface area contributed by atoms with Crippen molar-refractivity contribution in [2.75, 3.05) is 6.61 Å². The summed E-state index contributed by atoms with van der Waals surface area (Å²) < 4.78 is 4.98. The van der Waals surface area contributed by atoms with Gasteiger partial charge in [-0.1, -0.05) is 29.8 Å². The van der Waals surface area contributed by atoms with Gasteiger partial charge < -0.3 is 9.84 Å². The summed E-state index contributed by atoms with van der Waals surface area (Å²) in [5, 5.41) is 10.4. The summed E-state index contributed by atoms with van der Waals surface area (Å²) in [7, 11) is 0. The maximum atomic E-state index is 12.0. The van der Waals surface area contributed by atoms with Gasteiger partial charge in [0.2, 0.25) is 0 Å².